The van der Waals surface area contributed by atoms with Crippen LogP contribution in [0.3, 0.4) is 0 Å². The Labute approximate surface area is 214 Å². The Morgan fingerprint density at radius 2 is 1.67 bits per heavy atom. The van der Waals surface area contributed by atoms with Crippen LogP contribution in [0.25, 0.3) is 0 Å². The van der Waals surface area contributed by atoms with Crippen molar-refractivity contribution in [3.63, 3.8) is 0 Å². The Kier molecular flexibility index (Phi) is 5.74. The third-order valence-electron chi connectivity index (χ3n) is 8.70. The molecular formula is C28H30N2O5S. The molecule has 1 aromatic heterocycles. The molecule has 5 aliphatic rings. The number of amides is 3. The van der Waals surface area contributed by atoms with E-state index in [-0.39, 0.29) is 24.1 Å². The maximum absolute atomic E-state index is 14.4. The molecule has 4 saturated carbocycles. The molecule has 3 amide bonds. The Balaban J connectivity index is 1.30. The normalized spacial score (nSPS) is 30.6. The first-order valence-corrected chi connectivity index (χ1v) is 13.6. The second-order valence-electron chi connectivity index (χ2n) is 11.0. The van der Waals surface area contributed by atoms with Gasteiger partial charge in [-0.05, 0) is 92.0 Å². The molecule has 2 heterocycles. The van der Waals surface area contributed by atoms with Gasteiger partial charge in [0.2, 0.25) is 11.8 Å². The van der Waals surface area contributed by atoms with Gasteiger partial charge in [-0.3, -0.25) is 14.4 Å². The van der Waals surface area contributed by atoms with Crippen molar-refractivity contribution in [2.24, 2.45) is 23.2 Å². The largest absolute Gasteiger partial charge is 0.465 e. The van der Waals surface area contributed by atoms with Crippen LogP contribution in [0.5, 0.6) is 0 Å². The minimum atomic E-state index is -0.819. The van der Waals surface area contributed by atoms with E-state index >= 15 is 0 Å². The number of nitrogens with zero attached hydrogens (tertiary/aromatic N) is 2. The fraction of sp³-hybridized carbons (Fsp3) is 0.500. The van der Waals surface area contributed by atoms with E-state index in [0.717, 1.165) is 24.1 Å². The van der Waals surface area contributed by atoms with Crippen LogP contribution in [0.2, 0.25) is 0 Å². The van der Waals surface area contributed by atoms with Gasteiger partial charge in [0.1, 0.15) is 6.04 Å². The summed E-state index contributed by atoms with van der Waals surface area (Å²) >= 11 is 1.56. The summed E-state index contributed by atoms with van der Waals surface area (Å²) in [5.41, 5.74) is 0.344. The zero-order valence-electron chi connectivity index (χ0n) is 20.4. The monoisotopic (exact) mass is 506 g/mol. The SMILES string of the molecule is COC(=O)c1ccc(N2C(=O)CC(N(Cc3cccs3)C(=O)C34CC5CC(CC(C5)C3)C4)C2=O)cc1. The van der Waals surface area contributed by atoms with E-state index in [9.17, 15) is 19.2 Å². The van der Waals surface area contributed by atoms with Crippen LogP contribution in [0.15, 0.2) is 41.8 Å². The quantitative estimate of drug-likeness (QED) is 0.428. The highest BCUT2D eigenvalue weighted by molar-refractivity contribution is 7.09. The first kappa shape index (κ1) is 23.4. The number of methoxy groups -OCH3 is 1. The lowest BCUT2D eigenvalue weighted by Gasteiger charge is -2.56. The van der Waals surface area contributed by atoms with Crippen molar-refractivity contribution in [1.29, 1.82) is 0 Å². The second kappa shape index (κ2) is 8.83. The summed E-state index contributed by atoms with van der Waals surface area (Å²) in [5, 5.41) is 1.97. The second-order valence-corrected chi connectivity index (χ2v) is 12.1. The highest BCUT2D eigenvalue weighted by Gasteiger charge is 2.57. The Bertz CT molecular complexity index is 1170. The molecule has 2 aromatic rings. The van der Waals surface area contributed by atoms with Crippen molar-refractivity contribution in [2.75, 3.05) is 12.0 Å². The van der Waals surface area contributed by atoms with Crippen molar-refractivity contribution in [2.45, 2.75) is 57.5 Å². The van der Waals surface area contributed by atoms with Crippen LogP contribution in [0.4, 0.5) is 5.69 Å². The van der Waals surface area contributed by atoms with E-state index in [1.54, 1.807) is 40.5 Å². The summed E-state index contributed by atoms with van der Waals surface area (Å²) in [4.78, 5) is 56.9. The number of benzene rings is 1. The number of hydrogen-bond donors (Lipinski definition) is 0. The number of hydrogen-bond acceptors (Lipinski definition) is 6. The molecule has 4 bridgehead atoms. The molecule has 1 aromatic carbocycles. The average molecular weight is 507 g/mol. The van der Waals surface area contributed by atoms with E-state index in [2.05, 4.69) is 0 Å². The molecule has 8 heteroatoms. The van der Waals surface area contributed by atoms with Crippen molar-refractivity contribution in [1.82, 2.24) is 4.90 Å². The Morgan fingerprint density at radius 3 is 2.22 bits per heavy atom. The fourth-order valence-electron chi connectivity index (χ4n) is 7.57. The topological polar surface area (TPSA) is 84.0 Å². The minimum Gasteiger partial charge on any atom is -0.465 e. The zero-order chi connectivity index (χ0) is 25.0. The number of anilines is 1. The molecule has 36 heavy (non-hydrogen) atoms. The van der Waals surface area contributed by atoms with E-state index in [1.165, 1.54) is 31.3 Å². The van der Waals surface area contributed by atoms with Gasteiger partial charge >= 0.3 is 5.97 Å². The molecule has 1 aliphatic heterocycles. The third-order valence-corrected chi connectivity index (χ3v) is 9.57. The Hall–Kier alpha value is -3.00. The van der Waals surface area contributed by atoms with Gasteiger partial charge in [-0.2, -0.15) is 0 Å². The molecule has 5 fully saturated rings. The molecule has 4 aliphatic carbocycles. The molecule has 188 valence electrons. The molecule has 0 spiro atoms. The number of carbonyl (C=O) groups is 4. The lowest BCUT2D eigenvalue weighted by molar-refractivity contribution is -0.162. The smallest absolute Gasteiger partial charge is 0.337 e. The van der Waals surface area contributed by atoms with Crippen LogP contribution >= 0.6 is 11.3 Å². The van der Waals surface area contributed by atoms with Gasteiger partial charge in [0.05, 0.1) is 36.7 Å². The zero-order valence-corrected chi connectivity index (χ0v) is 21.2. The number of carbonyl (C=O) groups excluding carboxylic acids is 4. The van der Waals surface area contributed by atoms with Crippen molar-refractivity contribution in [3.05, 3.63) is 52.2 Å². The summed E-state index contributed by atoms with van der Waals surface area (Å²) < 4.78 is 4.74. The van der Waals surface area contributed by atoms with Gasteiger partial charge in [0.25, 0.3) is 5.91 Å². The predicted octanol–water partition coefficient (Wildman–Crippen LogP) is 4.41. The van der Waals surface area contributed by atoms with Crippen molar-refractivity contribution >= 4 is 40.7 Å². The van der Waals surface area contributed by atoms with Crippen molar-refractivity contribution in [3.8, 4) is 0 Å². The highest BCUT2D eigenvalue weighted by atomic mass is 32.1. The maximum atomic E-state index is 14.4. The van der Waals surface area contributed by atoms with Gasteiger partial charge in [-0.25, -0.2) is 9.69 Å². The number of rotatable bonds is 6. The summed E-state index contributed by atoms with van der Waals surface area (Å²) in [6.07, 6.45) is 6.39. The number of ether oxygens (including phenoxy) is 1. The van der Waals surface area contributed by atoms with Crippen LogP contribution in [-0.2, 0) is 25.7 Å². The molecular weight excluding hydrogens is 476 g/mol. The highest BCUT2D eigenvalue weighted by Crippen LogP contribution is 2.60. The summed E-state index contributed by atoms with van der Waals surface area (Å²) in [7, 11) is 1.30. The van der Waals surface area contributed by atoms with Gasteiger partial charge in [0, 0.05) is 4.88 Å². The summed E-state index contributed by atoms with van der Waals surface area (Å²) in [5.74, 6) is 0.690. The van der Waals surface area contributed by atoms with Gasteiger partial charge in [0.15, 0.2) is 0 Å². The fourth-order valence-corrected chi connectivity index (χ4v) is 8.27. The van der Waals surface area contributed by atoms with Crippen LogP contribution < -0.4 is 4.90 Å². The van der Waals surface area contributed by atoms with Crippen LogP contribution in [0, 0.1) is 23.2 Å². The van der Waals surface area contributed by atoms with Crippen LogP contribution in [-0.4, -0.2) is 41.7 Å². The van der Waals surface area contributed by atoms with Crippen LogP contribution in [0.1, 0.15) is 60.2 Å². The first-order chi connectivity index (χ1) is 17.4. The maximum Gasteiger partial charge on any atom is 0.337 e. The predicted molar refractivity (Wildman–Crippen MR) is 134 cm³/mol. The lowest BCUT2D eigenvalue weighted by Crippen LogP contribution is -2.57. The standard InChI is InChI=1S/C28H30N2O5S/c1-35-26(33)20-4-6-21(7-5-20)30-24(31)12-23(25(30)32)29(16-22-3-2-8-36-22)27(34)28-13-17-9-18(14-28)11-19(10-17)15-28/h2-8,17-19,23H,9-16H2,1H3. The lowest BCUT2D eigenvalue weighted by atomic mass is 9.49. The number of thiophene rings is 1. The number of esters is 1. The summed E-state index contributed by atoms with van der Waals surface area (Å²) in [6.45, 7) is 0.344. The van der Waals surface area contributed by atoms with E-state index in [0.29, 0.717) is 35.5 Å². The molecule has 0 N–H and O–H groups in total. The van der Waals surface area contributed by atoms with E-state index in [1.807, 2.05) is 17.5 Å². The molecule has 7 nitrogen and oxygen atoms in total. The van der Waals surface area contributed by atoms with E-state index < -0.39 is 17.4 Å². The Morgan fingerprint density at radius 1 is 1.03 bits per heavy atom. The first-order valence-electron chi connectivity index (χ1n) is 12.8. The minimum absolute atomic E-state index is 0.0267. The van der Waals surface area contributed by atoms with Gasteiger partial charge in [-0.1, -0.05) is 6.07 Å². The third kappa shape index (κ3) is 3.86. The average Bonchev–Trinajstić information content (AvgIpc) is 3.48. The molecule has 0 radical (unpaired) electrons. The van der Waals surface area contributed by atoms with Crippen molar-refractivity contribution < 1.29 is 23.9 Å². The van der Waals surface area contributed by atoms with Gasteiger partial charge < -0.3 is 9.64 Å². The molecule has 1 unspecified atom stereocenters. The van der Waals surface area contributed by atoms with Gasteiger partial charge in [-0.15, -0.1) is 11.3 Å². The molecule has 7 rings (SSSR count). The molecule has 1 atom stereocenters. The van der Waals surface area contributed by atoms with E-state index in [4.69, 9.17) is 4.74 Å². The number of imide groups is 1. The summed E-state index contributed by atoms with van der Waals surface area (Å²) in [6, 6.07) is 9.35. The molecule has 1 saturated heterocycles.